The number of hydrogen-bond donors (Lipinski definition) is 1. The lowest BCUT2D eigenvalue weighted by atomic mass is 10.0. The van der Waals surface area contributed by atoms with Crippen molar-refractivity contribution >= 4 is 27.3 Å². The second-order valence-electron chi connectivity index (χ2n) is 7.06. The second-order valence-corrected chi connectivity index (χ2v) is 8.00. The first-order valence-corrected chi connectivity index (χ1v) is 10.00. The van der Waals surface area contributed by atoms with Crippen molar-refractivity contribution in [2.75, 3.05) is 18.0 Å². The quantitative estimate of drug-likeness (QED) is 0.727. The van der Waals surface area contributed by atoms with Gasteiger partial charge < -0.3 is 10.2 Å². The molecular weight excluding hydrogens is 381 g/mol. The summed E-state index contributed by atoms with van der Waals surface area (Å²) < 4.78 is 14.7. The van der Waals surface area contributed by atoms with E-state index in [1.54, 1.807) is 12.1 Å². The molecule has 1 aliphatic heterocycles. The molecule has 0 radical (unpaired) electrons. The van der Waals surface area contributed by atoms with Crippen molar-refractivity contribution in [2.45, 2.75) is 26.3 Å². The highest BCUT2D eigenvalue weighted by Crippen LogP contribution is 2.27. The topological polar surface area (TPSA) is 79.6 Å². The molecule has 1 saturated heterocycles. The summed E-state index contributed by atoms with van der Waals surface area (Å²) in [6.07, 6.45) is 2.27. The molecule has 3 aromatic rings. The lowest BCUT2D eigenvalue weighted by molar-refractivity contribution is 0.0943. The van der Waals surface area contributed by atoms with E-state index in [2.05, 4.69) is 27.2 Å². The first kappa shape index (κ1) is 18.5. The Labute approximate surface area is 164 Å². The van der Waals surface area contributed by atoms with Gasteiger partial charge in [-0.3, -0.25) is 9.59 Å². The Bertz CT molecular complexity index is 1080. The molecule has 1 aromatic carbocycles. The van der Waals surface area contributed by atoms with Gasteiger partial charge in [0.15, 0.2) is 0 Å². The summed E-state index contributed by atoms with van der Waals surface area (Å²) >= 11 is 1.31. The molecular formula is C19H20FN5O2S. The fourth-order valence-electron chi connectivity index (χ4n) is 3.38. The molecule has 1 fully saturated rings. The van der Waals surface area contributed by atoms with E-state index in [9.17, 15) is 14.0 Å². The lowest BCUT2D eigenvalue weighted by Crippen LogP contribution is -2.34. The van der Waals surface area contributed by atoms with Crippen LogP contribution in [0.25, 0.3) is 4.96 Å². The normalized spacial score (nSPS) is 17.1. The molecule has 4 rings (SSSR count). The number of nitrogens with zero attached hydrogens (tertiary/aromatic N) is 4. The molecule has 0 bridgehead atoms. The van der Waals surface area contributed by atoms with Crippen molar-refractivity contribution in [3.05, 3.63) is 57.8 Å². The fraction of sp³-hybridized carbons (Fsp3) is 0.368. The Kier molecular flexibility index (Phi) is 5.08. The fourth-order valence-corrected chi connectivity index (χ4v) is 4.32. The average molecular weight is 401 g/mol. The van der Waals surface area contributed by atoms with Crippen LogP contribution in [0.1, 0.15) is 35.8 Å². The van der Waals surface area contributed by atoms with Gasteiger partial charge in [-0.2, -0.15) is 9.50 Å². The summed E-state index contributed by atoms with van der Waals surface area (Å²) in [5, 5.41) is 8.01. The first-order valence-electron chi connectivity index (χ1n) is 9.18. The third kappa shape index (κ3) is 3.89. The van der Waals surface area contributed by atoms with E-state index in [-0.39, 0.29) is 18.1 Å². The zero-order valence-electron chi connectivity index (χ0n) is 15.4. The summed E-state index contributed by atoms with van der Waals surface area (Å²) in [4.78, 5) is 31.2. The summed E-state index contributed by atoms with van der Waals surface area (Å²) in [5.41, 5.74) is 0.268. The Balaban J connectivity index is 1.60. The monoisotopic (exact) mass is 401 g/mol. The molecule has 0 aliphatic carbocycles. The molecule has 0 spiro atoms. The van der Waals surface area contributed by atoms with E-state index in [0.717, 1.165) is 24.6 Å². The van der Waals surface area contributed by atoms with Crippen LogP contribution >= 0.6 is 11.3 Å². The van der Waals surface area contributed by atoms with Crippen LogP contribution in [0.15, 0.2) is 35.1 Å². The van der Waals surface area contributed by atoms with E-state index in [4.69, 9.17) is 0 Å². The number of hydrogen-bond acceptors (Lipinski definition) is 6. The number of anilines is 1. The average Bonchev–Trinajstić information content (AvgIpc) is 3.09. The Morgan fingerprint density at radius 2 is 2.25 bits per heavy atom. The third-order valence-corrected chi connectivity index (χ3v) is 5.72. The van der Waals surface area contributed by atoms with Gasteiger partial charge in [0.1, 0.15) is 11.5 Å². The molecule has 7 nitrogen and oxygen atoms in total. The van der Waals surface area contributed by atoms with Crippen LogP contribution in [-0.2, 0) is 6.54 Å². The van der Waals surface area contributed by atoms with E-state index in [0.29, 0.717) is 16.4 Å². The van der Waals surface area contributed by atoms with Gasteiger partial charge in [-0.1, -0.05) is 30.4 Å². The van der Waals surface area contributed by atoms with Crippen LogP contribution < -0.4 is 15.8 Å². The molecule has 1 atom stereocenters. The maximum atomic E-state index is 13.3. The summed E-state index contributed by atoms with van der Waals surface area (Å²) in [6.45, 7) is 4.14. The Hall–Kier alpha value is -2.81. The number of aromatic nitrogens is 3. The third-order valence-electron chi connectivity index (χ3n) is 4.75. The lowest BCUT2D eigenvalue weighted by Gasteiger charge is -2.30. The maximum absolute atomic E-state index is 13.3. The number of rotatable bonds is 4. The van der Waals surface area contributed by atoms with Gasteiger partial charge in [-0.15, -0.1) is 5.10 Å². The van der Waals surface area contributed by atoms with Crippen LogP contribution in [0.5, 0.6) is 0 Å². The summed E-state index contributed by atoms with van der Waals surface area (Å²) in [5.74, 6) is -0.250. The van der Waals surface area contributed by atoms with E-state index >= 15 is 0 Å². The highest BCUT2D eigenvalue weighted by Gasteiger charge is 2.22. The molecule has 1 amide bonds. The zero-order chi connectivity index (χ0) is 19.7. The van der Waals surface area contributed by atoms with Crippen molar-refractivity contribution in [1.29, 1.82) is 0 Å². The minimum absolute atomic E-state index is 0.124. The molecule has 1 aliphatic rings. The molecule has 0 unspecified atom stereocenters. The number of piperidine rings is 1. The van der Waals surface area contributed by atoms with Gasteiger partial charge >= 0.3 is 0 Å². The number of carbonyl (C=O) groups is 1. The Morgan fingerprint density at radius 3 is 3.04 bits per heavy atom. The highest BCUT2D eigenvalue weighted by atomic mass is 32.1. The van der Waals surface area contributed by atoms with Gasteiger partial charge in [0.2, 0.25) is 10.1 Å². The largest absolute Gasteiger partial charge is 0.347 e. The minimum Gasteiger partial charge on any atom is -0.347 e. The van der Waals surface area contributed by atoms with E-state index in [1.165, 1.54) is 40.5 Å². The van der Waals surface area contributed by atoms with Crippen molar-refractivity contribution in [3.63, 3.8) is 0 Å². The van der Waals surface area contributed by atoms with Gasteiger partial charge in [-0.25, -0.2) is 4.39 Å². The summed E-state index contributed by atoms with van der Waals surface area (Å²) in [7, 11) is 0. The van der Waals surface area contributed by atoms with Crippen molar-refractivity contribution in [2.24, 2.45) is 5.92 Å². The highest BCUT2D eigenvalue weighted by molar-refractivity contribution is 7.20. The smallest absolute Gasteiger partial charge is 0.274 e. The van der Waals surface area contributed by atoms with E-state index < -0.39 is 11.5 Å². The van der Waals surface area contributed by atoms with Gasteiger partial charge in [0.25, 0.3) is 11.5 Å². The minimum atomic E-state index is -0.488. The molecule has 1 N–H and O–H groups in total. The van der Waals surface area contributed by atoms with Gasteiger partial charge in [-0.05, 0) is 36.5 Å². The van der Waals surface area contributed by atoms with Crippen molar-refractivity contribution < 1.29 is 9.18 Å². The summed E-state index contributed by atoms with van der Waals surface area (Å²) in [6, 6.07) is 7.17. The number of nitrogens with one attached hydrogen (secondary N) is 1. The first-order chi connectivity index (χ1) is 13.5. The number of amides is 1. The predicted molar refractivity (Wildman–Crippen MR) is 105 cm³/mol. The molecule has 28 heavy (non-hydrogen) atoms. The molecule has 0 saturated carbocycles. The number of benzene rings is 1. The van der Waals surface area contributed by atoms with E-state index in [1.807, 2.05) is 0 Å². The number of fused-ring (bicyclic) bond motifs is 1. The molecule has 146 valence electrons. The number of carbonyl (C=O) groups excluding carboxylic acids is 1. The molecule has 3 heterocycles. The van der Waals surface area contributed by atoms with Crippen LogP contribution in [0.4, 0.5) is 9.52 Å². The van der Waals surface area contributed by atoms with Gasteiger partial charge in [0, 0.05) is 25.7 Å². The second kappa shape index (κ2) is 7.67. The maximum Gasteiger partial charge on any atom is 0.274 e. The predicted octanol–water partition coefficient (Wildman–Crippen LogP) is 2.46. The van der Waals surface area contributed by atoms with Crippen LogP contribution in [-0.4, -0.2) is 33.6 Å². The van der Waals surface area contributed by atoms with Crippen LogP contribution in [0.3, 0.4) is 0 Å². The standard InChI is InChI=1S/C19H20FN5O2S/c1-12-4-3-7-24(11-12)19-23-25-15(9-16(26)22-18(25)28-19)17(27)21-10-13-5-2-6-14(20)8-13/h2,5-6,8-9,12H,3-4,7,10-11H2,1H3,(H,21,27)/t12-/m0/s1. The Morgan fingerprint density at radius 1 is 1.39 bits per heavy atom. The van der Waals surface area contributed by atoms with Crippen molar-refractivity contribution in [1.82, 2.24) is 19.9 Å². The zero-order valence-corrected chi connectivity index (χ0v) is 16.2. The van der Waals surface area contributed by atoms with Gasteiger partial charge in [0.05, 0.1) is 0 Å². The number of halogens is 1. The molecule has 9 heteroatoms. The van der Waals surface area contributed by atoms with Crippen LogP contribution in [0.2, 0.25) is 0 Å². The SMILES string of the molecule is C[C@H]1CCCN(c2nn3c(C(=O)NCc4cccc(F)c4)cc(=O)nc3s2)C1. The van der Waals surface area contributed by atoms with Crippen LogP contribution in [0, 0.1) is 11.7 Å². The molecule has 2 aromatic heterocycles. The van der Waals surface area contributed by atoms with Crippen molar-refractivity contribution in [3.8, 4) is 0 Å².